The average molecular weight is 999 g/mol. The molecule has 0 saturated carbocycles. The van der Waals surface area contributed by atoms with Gasteiger partial charge in [-0.05, 0) is 38.5 Å². The Morgan fingerprint density at radius 1 is 0.486 bits per heavy atom. The van der Waals surface area contributed by atoms with Gasteiger partial charge in [0.15, 0.2) is 6.29 Å². The van der Waals surface area contributed by atoms with Crippen LogP contribution in [0, 0.1) is 0 Å². The van der Waals surface area contributed by atoms with Gasteiger partial charge in [-0.3, -0.25) is 4.79 Å². The lowest BCUT2D eigenvalue weighted by Gasteiger charge is -2.40. The van der Waals surface area contributed by atoms with Gasteiger partial charge >= 0.3 is 0 Å². The smallest absolute Gasteiger partial charge is 0.249 e. The summed E-state index contributed by atoms with van der Waals surface area (Å²) in [5.74, 6) is -0.695. The van der Waals surface area contributed by atoms with Gasteiger partial charge in [0, 0.05) is 0 Å². The van der Waals surface area contributed by atoms with Crippen molar-refractivity contribution < 1.29 is 50.0 Å². The highest BCUT2D eigenvalue weighted by molar-refractivity contribution is 5.80. The van der Waals surface area contributed by atoms with Crippen LogP contribution in [0.5, 0.6) is 0 Å². The van der Waals surface area contributed by atoms with E-state index in [4.69, 9.17) is 9.47 Å². The molecule has 0 bridgehead atoms. The monoisotopic (exact) mass is 998 g/mol. The van der Waals surface area contributed by atoms with E-state index in [-0.39, 0.29) is 6.42 Å². The summed E-state index contributed by atoms with van der Waals surface area (Å²) >= 11 is 0. The summed E-state index contributed by atoms with van der Waals surface area (Å²) in [5.41, 5.74) is 0. The highest BCUT2D eigenvalue weighted by Gasteiger charge is 2.44. The molecule has 0 aromatic rings. The van der Waals surface area contributed by atoms with Gasteiger partial charge in [-0.1, -0.05) is 264 Å². The van der Waals surface area contributed by atoms with E-state index in [1.807, 2.05) is 0 Å². The van der Waals surface area contributed by atoms with Crippen LogP contribution < -0.4 is 5.32 Å². The van der Waals surface area contributed by atoms with Crippen molar-refractivity contribution in [1.29, 1.82) is 0 Å². The van der Waals surface area contributed by atoms with Gasteiger partial charge in [0.25, 0.3) is 0 Å². The van der Waals surface area contributed by atoms with Crippen molar-refractivity contribution in [3.8, 4) is 0 Å². The standard InChI is InChI=1S/C59H115NO10/c1-3-5-7-9-11-13-15-17-19-21-23-25-26-27-29-31-33-35-37-39-41-43-45-47-52(63)58(68)60-50(49-69-59-57(67)56(66)55(65)53(48-61)70-59)54(64)51(62)46-44-42-40-38-36-34-32-30-28-24-22-20-18-16-14-12-10-8-6-4-2/h27,29,50-57,59,61-67H,3-26,28,30-49H2,1-2H3,(H,60,68)/b29-27-. The molecule has 0 aromatic carbocycles. The van der Waals surface area contributed by atoms with Crippen molar-refractivity contribution in [3.05, 3.63) is 12.2 Å². The number of rotatable bonds is 52. The van der Waals surface area contributed by atoms with Crippen molar-refractivity contribution in [1.82, 2.24) is 5.32 Å². The number of nitrogens with one attached hydrogen (secondary N) is 1. The molecule has 1 rings (SSSR count). The van der Waals surface area contributed by atoms with E-state index in [1.165, 1.54) is 205 Å². The Balaban J connectivity index is 2.29. The van der Waals surface area contributed by atoms with E-state index in [0.717, 1.165) is 44.9 Å². The number of aliphatic hydroxyl groups excluding tert-OH is 7. The number of carbonyl (C=O) groups is 1. The van der Waals surface area contributed by atoms with Gasteiger partial charge in [-0.25, -0.2) is 0 Å². The third-order valence-corrected chi connectivity index (χ3v) is 14.8. The van der Waals surface area contributed by atoms with E-state index in [1.54, 1.807) is 0 Å². The zero-order valence-electron chi connectivity index (χ0n) is 45.5. The van der Waals surface area contributed by atoms with E-state index in [0.29, 0.717) is 19.3 Å². The Bertz CT molecular complexity index is 1140. The molecule has 1 saturated heterocycles. The topological polar surface area (TPSA) is 189 Å². The maximum absolute atomic E-state index is 13.2. The molecular formula is C59H115NO10. The Kier molecular flexibility index (Phi) is 46.6. The van der Waals surface area contributed by atoms with Gasteiger partial charge in [0.1, 0.15) is 36.6 Å². The number of allylic oxidation sites excluding steroid dienone is 2. The first-order chi connectivity index (χ1) is 34.2. The first kappa shape index (κ1) is 66.9. The lowest BCUT2D eigenvalue weighted by Crippen LogP contribution is -2.60. The van der Waals surface area contributed by atoms with Crippen molar-refractivity contribution in [2.45, 2.75) is 345 Å². The third-order valence-electron chi connectivity index (χ3n) is 14.8. The van der Waals surface area contributed by atoms with Crippen LogP contribution in [0.15, 0.2) is 12.2 Å². The molecule has 70 heavy (non-hydrogen) atoms. The second kappa shape index (κ2) is 48.8. The number of amides is 1. The number of aliphatic hydroxyl groups is 7. The van der Waals surface area contributed by atoms with Gasteiger partial charge in [-0.15, -0.1) is 0 Å². The van der Waals surface area contributed by atoms with E-state index in [2.05, 4.69) is 31.3 Å². The number of carbonyl (C=O) groups excluding carboxylic acids is 1. The van der Waals surface area contributed by atoms with Crippen LogP contribution in [-0.4, -0.2) is 110 Å². The summed E-state index contributed by atoms with van der Waals surface area (Å²) in [4.78, 5) is 13.2. The van der Waals surface area contributed by atoms with Crippen LogP contribution in [0.1, 0.15) is 290 Å². The number of hydrogen-bond donors (Lipinski definition) is 8. The molecule has 9 atom stereocenters. The molecule has 416 valence electrons. The summed E-state index contributed by atoms with van der Waals surface area (Å²) in [5, 5.41) is 76.2. The lowest BCUT2D eigenvalue weighted by molar-refractivity contribution is -0.303. The van der Waals surface area contributed by atoms with Crippen molar-refractivity contribution in [2.24, 2.45) is 0 Å². The van der Waals surface area contributed by atoms with Crippen molar-refractivity contribution >= 4 is 5.91 Å². The average Bonchev–Trinajstić information content (AvgIpc) is 3.36. The fourth-order valence-electron chi connectivity index (χ4n) is 9.91. The molecule has 1 aliphatic heterocycles. The summed E-state index contributed by atoms with van der Waals surface area (Å²) in [6.45, 7) is 3.50. The Hall–Kier alpha value is -1.15. The third kappa shape index (κ3) is 36.7. The Labute approximate surface area is 430 Å². The predicted molar refractivity (Wildman–Crippen MR) is 289 cm³/mol. The van der Waals surface area contributed by atoms with Crippen LogP contribution in [-0.2, 0) is 14.3 Å². The number of ether oxygens (including phenoxy) is 2. The quantitative estimate of drug-likeness (QED) is 0.0215. The van der Waals surface area contributed by atoms with Gasteiger partial charge in [-0.2, -0.15) is 0 Å². The van der Waals surface area contributed by atoms with Gasteiger partial charge in [0.05, 0.1) is 25.4 Å². The molecular weight excluding hydrogens is 883 g/mol. The SMILES string of the molecule is CCCCCCCCCCCCCC/C=C\CCCCCCCCCC(O)C(=O)NC(COC1OC(CO)C(O)C(O)C1O)C(O)C(O)CCCCCCCCCCCCCCCCCCCCCC. The van der Waals surface area contributed by atoms with Crippen molar-refractivity contribution in [3.63, 3.8) is 0 Å². The van der Waals surface area contributed by atoms with E-state index in [9.17, 15) is 40.5 Å². The zero-order valence-corrected chi connectivity index (χ0v) is 45.5. The highest BCUT2D eigenvalue weighted by Crippen LogP contribution is 2.24. The first-order valence-electron chi connectivity index (χ1n) is 30.1. The summed E-state index contributed by atoms with van der Waals surface area (Å²) < 4.78 is 11.2. The second-order valence-electron chi connectivity index (χ2n) is 21.4. The largest absolute Gasteiger partial charge is 0.394 e. The maximum Gasteiger partial charge on any atom is 0.249 e. The first-order valence-corrected chi connectivity index (χ1v) is 30.1. The minimum Gasteiger partial charge on any atom is -0.394 e. The predicted octanol–water partition coefficient (Wildman–Crippen LogP) is 12.7. The fraction of sp³-hybridized carbons (Fsp3) is 0.949. The normalized spacial score (nSPS) is 20.3. The van der Waals surface area contributed by atoms with Crippen LogP contribution >= 0.6 is 0 Å². The molecule has 1 amide bonds. The van der Waals surface area contributed by atoms with Crippen molar-refractivity contribution in [2.75, 3.05) is 13.2 Å². The van der Waals surface area contributed by atoms with Gasteiger partial charge < -0.3 is 50.5 Å². The number of unbranched alkanes of at least 4 members (excludes halogenated alkanes) is 38. The molecule has 11 nitrogen and oxygen atoms in total. The molecule has 0 aliphatic carbocycles. The van der Waals surface area contributed by atoms with Crippen LogP contribution in [0.25, 0.3) is 0 Å². The van der Waals surface area contributed by atoms with Crippen LogP contribution in [0.2, 0.25) is 0 Å². The summed E-state index contributed by atoms with van der Waals surface area (Å²) in [6, 6.07) is -1.17. The second-order valence-corrected chi connectivity index (χ2v) is 21.4. The molecule has 9 unspecified atom stereocenters. The molecule has 0 radical (unpaired) electrons. The zero-order chi connectivity index (χ0) is 51.1. The Morgan fingerprint density at radius 2 is 0.829 bits per heavy atom. The molecule has 0 spiro atoms. The molecule has 1 fully saturated rings. The summed E-state index contributed by atoms with van der Waals surface area (Å²) in [7, 11) is 0. The summed E-state index contributed by atoms with van der Waals surface area (Å²) in [6.07, 6.45) is 45.5. The van der Waals surface area contributed by atoms with Crippen LogP contribution in [0.3, 0.4) is 0 Å². The fourth-order valence-corrected chi connectivity index (χ4v) is 9.91. The molecule has 8 N–H and O–H groups in total. The van der Waals surface area contributed by atoms with E-state index < -0.39 is 74.2 Å². The lowest BCUT2D eigenvalue weighted by atomic mass is 9.98. The number of hydrogen-bond acceptors (Lipinski definition) is 10. The minimum absolute atomic E-state index is 0.258. The molecule has 1 heterocycles. The molecule has 11 heteroatoms. The molecule has 0 aromatic heterocycles. The van der Waals surface area contributed by atoms with E-state index >= 15 is 0 Å². The molecule has 1 aliphatic rings. The minimum atomic E-state index is -1.66. The Morgan fingerprint density at radius 3 is 1.20 bits per heavy atom. The van der Waals surface area contributed by atoms with Gasteiger partial charge in [0.2, 0.25) is 5.91 Å². The van der Waals surface area contributed by atoms with Crippen LogP contribution in [0.4, 0.5) is 0 Å². The highest BCUT2D eigenvalue weighted by atomic mass is 16.7. The maximum atomic E-state index is 13.2.